The van der Waals surface area contributed by atoms with Crippen molar-refractivity contribution < 1.29 is 18.3 Å². The lowest BCUT2D eigenvalue weighted by atomic mass is 10.1. The van der Waals surface area contributed by atoms with Crippen LogP contribution >= 0.6 is 27.5 Å². The summed E-state index contributed by atoms with van der Waals surface area (Å²) in [4.78, 5) is 0. The molecule has 2 atom stereocenters. The first-order valence-electron chi connectivity index (χ1n) is 4.97. The van der Waals surface area contributed by atoms with Crippen molar-refractivity contribution in [2.24, 2.45) is 0 Å². The van der Waals surface area contributed by atoms with Gasteiger partial charge in [0.1, 0.15) is 24.9 Å². The van der Waals surface area contributed by atoms with Gasteiger partial charge in [-0.25, -0.2) is 8.78 Å². The summed E-state index contributed by atoms with van der Waals surface area (Å²) in [5, 5.41) is -0.0792. The van der Waals surface area contributed by atoms with Crippen molar-refractivity contribution in [1.82, 2.24) is 0 Å². The molecule has 1 aliphatic carbocycles. The molecule has 0 aromatic heterocycles. The topological polar surface area (TPSA) is 18.5 Å². The zero-order chi connectivity index (χ0) is 12.6. The first kappa shape index (κ1) is 13.2. The van der Waals surface area contributed by atoms with Crippen LogP contribution in [-0.2, 0) is 15.9 Å². The maximum atomic E-state index is 13.8. The lowest BCUT2D eigenvalue weighted by molar-refractivity contribution is -0.0931. The number of halogens is 4. The summed E-state index contributed by atoms with van der Waals surface area (Å²) < 4.78 is 37.8. The predicted octanol–water partition coefficient (Wildman–Crippen LogP) is 3.80. The molecule has 1 aliphatic rings. The Kier molecular flexibility index (Phi) is 4.02. The Hall–Kier alpha value is -0.230. The van der Waals surface area contributed by atoms with Crippen LogP contribution in [0.4, 0.5) is 8.78 Å². The molecule has 0 spiro atoms. The monoisotopic (exact) mass is 326 g/mol. The van der Waals surface area contributed by atoms with Crippen molar-refractivity contribution in [3.8, 4) is 0 Å². The Morgan fingerprint density at radius 2 is 2.29 bits per heavy atom. The summed E-state index contributed by atoms with van der Waals surface area (Å²) in [6, 6.07) is 1.24. The van der Waals surface area contributed by atoms with E-state index in [1.807, 2.05) is 0 Å². The Morgan fingerprint density at radius 3 is 2.94 bits per heavy atom. The summed E-state index contributed by atoms with van der Waals surface area (Å²) in [5.74, 6) is -0.586. The molecule has 1 aromatic rings. The molecule has 94 valence electrons. The van der Waals surface area contributed by atoms with E-state index in [4.69, 9.17) is 21.1 Å². The van der Waals surface area contributed by atoms with E-state index in [1.54, 1.807) is 0 Å². The number of benzene rings is 1. The third-order valence-electron chi connectivity index (χ3n) is 2.69. The van der Waals surface area contributed by atoms with Gasteiger partial charge in [0.2, 0.25) is 0 Å². The molecule has 0 heterocycles. The zero-order valence-corrected chi connectivity index (χ0v) is 11.3. The van der Waals surface area contributed by atoms with E-state index in [0.717, 1.165) is 0 Å². The molecule has 6 heteroatoms. The fourth-order valence-corrected chi connectivity index (χ4v) is 2.82. The van der Waals surface area contributed by atoms with Crippen LogP contribution in [0.25, 0.3) is 0 Å². The van der Waals surface area contributed by atoms with E-state index in [-0.39, 0.29) is 18.2 Å². The average molecular weight is 328 g/mol. The van der Waals surface area contributed by atoms with Gasteiger partial charge in [0.05, 0.1) is 5.02 Å². The van der Waals surface area contributed by atoms with Crippen LogP contribution < -0.4 is 0 Å². The molecule has 0 fully saturated rings. The smallest absolute Gasteiger partial charge is 0.147 e. The zero-order valence-electron chi connectivity index (χ0n) is 8.97. The minimum Gasteiger partial charge on any atom is -0.359 e. The minimum absolute atomic E-state index is 0.0605. The lowest BCUT2D eigenvalue weighted by Crippen LogP contribution is -2.14. The van der Waals surface area contributed by atoms with Gasteiger partial charge in [-0.05, 0) is 11.6 Å². The highest BCUT2D eigenvalue weighted by molar-refractivity contribution is 9.10. The molecular formula is C11H10BrClF2O2. The fourth-order valence-electron chi connectivity index (χ4n) is 1.97. The van der Waals surface area contributed by atoms with Gasteiger partial charge in [-0.3, -0.25) is 0 Å². The summed E-state index contributed by atoms with van der Waals surface area (Å²) >= 11 is 9.07. The lowest BCUT2D eigenvalue weighted by Gasteiger charge is -2.16. The van der Waals surface area contributed by atoms with Gasteiger partial charge in [0.25, 0.3) is 0 Å². The van der Waals surface area contributed by atoms with Crippen LogP contribution in [-0.4, -0.2) is 20.1 Å². The van der Waals surface area contributed by atoms with E-state index in [1.165, 1.54) is 13.2 Å². The molecular weight excluding hydrogens is 317 g/mol. The molecule has 0 amide bonds. The van der Waals surface area contributed by atoms with Gasteiger partial charge in [-0.1, -0.05) is 27.5 Å². The summed E-state index contributed by atoms with van der Waals surface area (Å²) in [5.41, 5.74) is 1.04. The van der Waals surface area contributed by atoms with Crippen molar-refractivity contribution in [3.63, 3.8) is 0 Å². The number of rotatable bonds is 3. The van der Waals surface area contributed by atoms with Gasteiger partial charge >= 0.3 is 0 Å². The highest BCUT2D eigenvalue weighted by atomic mass is 79.9. The SMILES string of the molecule is COCO[C@H]1c2c(Cl)c(F)cc(Br)c2C[C@H]1F. The average Bonchev–Trinajstić information content (AvgIpc) is 2.61. The highest BCUT2D eigenvalue weighted by Gasteiger charge is 2.37. The number of hydrogen-bond acceptors (Lipinski definition) is 2. The first-order valence-corrected chi connectivity index (χ1v) is 6.14. The van der Waals surface area contributed by atoms with Crippen molar-refractivity contribution in [1.29, 1.82) is 0 Å². The Bertz CT molecular complexity index is 442. The van der Waals surface area contributed by atoms with Gasteiger partial charge < -0.3 is 9.47 Å². The second-order valence-corrected chi connectivity index (χ2v) is 4.99. The van der Waals surface area contributed by atoms with Gasteiger partial charge in [-0.15, -0.1) is 0 Å². The molecule has 0 unspecified atom stereocenters. The molecule has 2 rings (SSSR count). The molecule has 1 aromatic carbocycles. The van der Waals surface area contributed by atoms with E-state index in [9.17, 15) is 8.78 Å². The summed E-state index contributed by atoms with van der Waals surface area (Å²) in [7, 11) is 1.44. The van der Waals surface area contributed by atoms with E-state index < -0.39 is 18.1 Å². The van der Waals surface area contributed by atoms with Gasteiger partial charge in [0, 0.05) is 23.6 Å². The predicted molar refractivity (Wildman–Crippen MR) is 63.4 cm³/mol. The number of methoxy groups -OCH3 is 1. The summed E-state index contributed by atoms with van der Waals surface area (Å²) in [6.45, 7) is -0.0605. The van der Waals surface area contributed by atoms with Crippen LogP contribution in [0.3, 0.4) is 0 Å². The number of ether oxygens (including phenoxy) is 2. The normalized spacial score (nSPS) is 22.9. The molecule has 0 N–H and O–H groups in total. The van der Waals surface area contributed by atoms with Crippen LogP contribution in [0, 0.1) is 5.82 Å². The molecule has 0 bridgehead atoms. The van der Waals surface area contributed by atoms with Crippen LogP contribution in [0.5, 0.6) is 0 Å². The van der Waals surface area contributed by atoms with Gasteiger partial charge in [-0.2, -0.15) is 0 Å². The Balaban J connectivity index is 2.43. The van der Waals surface area contributed by atoms with E-state index in [0.29, 0.717) is 15.6 Å². The number of hydrogen-bond donors (Lipinski definition) is 0. The van der Waals surface area contributed by atoms with Gasteiger partial charge in [0.15, 0.2) is 0 Å². The largest absolute Gasteiger partial charge is 0.359 e. The molecule has 0 radical (unpaired) electrons. The maximum absolute atomic E-state index is 13.8. The van der Waals surface area contributed by atoms with E-state index in [2.05, 4.69) is 15.9 Å². The third-order valence-corrected chi connectivity index (χ3v) is 3.78. The number of fused-ring (bicyclic) bond motifs is 1. The van der Waals surface area contributed by atoms with Crippen LogP contribution in [0.2, 0.25) is 5.02 Å². The Morgan fingerprint density at radius 1 is 1.59 bits per heavy atom. The van der Waals surface area contributed by atoms with E-state index >= 15 is 0 Å². The molecule has 17 heavy (non-hydrogen) atoms. The second-order valence-electron chi connectivity index (χ2n) is 3.76. The molecule has 0 saturated carbocycles. The third kappa shape index (κ3) is 2.34. The maximum Gasteiger partial charge on any atom is 0.147 e. The number of alkyl halides is 1. The first-order chi connectivity index (χ1) is 8.06. The van der Waals surface area contributed by atoms with Crippen molar-refractivity contribution in [2.45, 2.75) is 18.7 Å². The van der Waals surface area contributed by atoms with Crippen molar-refractivity contribution in [3.05, 3.63) is 32.5 Å². The standard InChI is InChI=1S/C11H10BrClF2O2/c1-16-4-17-11-8(15)2-5-6(12)3-7(14)10(13)9(5)11/h3,8,11H,2,4H2,1H3/t8-,11-/m1/s1. The van der Waals surface area contributed by atoms with Crippen LogP contribution in [0.1, 0.15) is 17.2 Å². The minimum atomic E-state index is -1.24. The van der Waals surface area contributed by atoms with Crippen molar-refractivity contribution >= 4 is 27.5 Å². The quantitative estimate of drug-likeness (QED) is 0.621. The highest BCUT2D eigenvalue weighted by Crippen LogP contribution is 2.44. The van der Waals surface area contributed by atoms with Crippen LogP contribution in [0.15, 0.2) is 10.5 Å². The van der Waals surface area contributed by atoms with Crippen molar-refractivity contribution in [2.75, 3.05) is 13.9 Å². The molecule has 0 aliphatic heterocycles. The second kappa shape index (κ2) is 5.18. The Labute approximate surface area is 111 Å². The molecule has 2 nitrogen and oxygen atoms in total. The summed E-state index contributed by atoms with van der Waals surface area (Å²) in [6.07, 6.45) is -1.95. The fraction of sp³-hybridized carbons (Fsp3) is 0.455. The molecule has 0 saturated heterocycles.